The van der Waals surface area contributed by atoms with E-state index in [9.17, 15) is 4.79 Å². The van der Waals surface area contributed by atoms with Gasteiger partial charge in [-0.2, -0.15) is 0 Å². The molecule has 0 radical (unpaired) electrons. The molecule has 0 aromatic rings. The Bertz CT molecular complexity index is 124. The number of nitrogens with two attached hydrogens (primary N) is 2. The van der Waals surface area contributed by atoms with Crippen LogP contribution < -0.4 is 11.5 Å². The first-order valence-electron chi connectivity index (χ1n) is 3.25. The third kappa shape index (κ3) is 1.42. The van der Waals surface area contributed by atoms with E-state index in [2.05, 4.69) is 0 Å². The minimum atomic E-state index is -0.159. The van der Waals surface area contributed by atoms with Crippen LogP contribution in [0, 0.1) is 11.8 Å². The number of amides is 1. The lowest BCUT2D eigenvalue weighted by Gasteiger charge is -1.90. The highest BCUT2D eigenvalue weighted by molar-refractivity contribution is 5.79. The van der Waals surface area contributed by atoms with E-state index in [0.29, 0.717) is 12.5 Å². The molecule has 1 aliphatic rings. The fourth-order valence-electron chi connectivity index (χ4n) is 1.13. The van der Waals surface area contributed by atoms with Crippen molar-refractivity contribution in [2.24, 2.45) is 23.3 Å². The van der Waals surface area contributed by atoms with Crippen LogP contribution in [0.2, 0.25) is 0 Å². The number of hydrogen-bond donors (Lipinski definition) is 2. The maximum absolute atomic E-state index is 10.4. The Kier molecular flexibility index (Phi) is 1.71. The monoisotopic (exact) mass is 128 g/mol. The summed E-state index contributed by atoms with van der Waals surface area (Å²) < 4.78 is 0. The molecule has 3 heteroatoms. The first-order chi connectivity index (χ1) is 4.25. The zero-order valence-corrected chi connectivity index (χ0v) is 5.34. The lowest BCUT2D eigenvalue weighted by atomic mass is 10.2. The number of carbonyl (C=O) groups is 1. The molecule has 0 aliphatic heterocycles. The van der Waals surface area contributed by atoms with E-state index in [1.54, 1.807) is 0 Å². The van der Waals surface area contributed by atoms with Crippen molar-refractivity contribution >= 4 is 5.91 Å². The molecule has 0 bridgehead atoms. The minimum Gasteiger partial charge on any atom is -0.369 e. The SMILES string of the molecule is NCCC1C[C@@H]1C(N)=O. The second kappa shape index (κ2) is 2.35. The second-order valence-electron chi connectivity index (χ2n) is 2.58. The van der Waals surface area contributed by atoms with Crippen LogP contribution in [0.3, 0.4) is 0 Å². The first kappa shape index (κ1) is 6.55. The molecule has 4 N–H and O–H groups in total. The molecule has 9 heavy (non-hydrogen) atoms. The second-order valence-corrected chi connectivity index (χ2v) is 2.58. The molecule has 52 valence electrons. The minimum absolute atomic E-state index is 0.147. The summed E-state index contributed by atoms with van der Waals surface area (Å²) in [6, 6.07) is 0. The summed E-state index contributed by atoms with van der Waals surface area (Å²) in [6.45, 7) is 0.675. The van der Waals surface area contributed by atoms with Crippen LogP contribution in [-0.4, -0.2) is 12.5 Å². The van der Waals surface area contributed by atoms with Gasteiger partial charge in [-0.25, -0.2) is 0 Å². The fraction of sp³-hybridized carbons (Fsp3) is 0.833. The quantitative estimate of drug-likeness (QED) is 0.535. The average molecular weight is 128 g/mol. The average Bonchev–Trinajstić information content (AvgIpc) is 2.47. The van der Waals surface area contributed by atoms with Gasteiger partial charge in [-0.3, -0.25) is 4.79 Å². The maximum atomic E-state index is 10.4. The van der Waals surface area contributed by atoms with Gasteiger partial charge in [0.05, 0.1) is 0 Å². The van der Waals surface area contributed by atoms with Crippen LogP contribution in [0.5, 0.6) is 0 Å². The zero-order chi connectivity index (χ0) is 6.85. The molecule has 1 unspecified atom stereocenters. The van der Waals surface area contributed by atoms with Crippen LogP contribution >= 0.6 is 0 Å². The molecule has 0 aromatic carbocycles. The first-order valence-corrected chi connectivity index (χ1v) is 3.25. The van der Waals surface area contributed by atoms with E-state index < -0.39 is 0 Å². The zero-order valence-electron chi connectivity index (χ0n) is 5.34. The van der Waals surface area contributed by atoms with E-state index in [4.69, 9.17) is 11.5 Å². The number of rotatable bonds is 3. The van der Waals surface area contributed by atoms with Crippen molar-refractivity contribution < 1.29 is 4.79 Å². The Balaban J connectivity index is 2.17. The Labute approximate surface area is 54.4 Å². The van der Waals surface area contributed by atoms with Crippen molar-refractivity contribution in [3.05, 3.63) is 0 Å². The lowest BCUT2D eigenvalue weighted by Crippen LogP contribution is -2.14. The van der Waals surface area contributed by atoms with Crippen LogP contribution in [0.15, 0.2) is 0 Å². The summed E-state index contributed by atoms with van der Waals surface area (Å²) in [7, 11) is 0. The van der Waals surface area contributed by atoms with E-state index in [1.807, 2.05) is 0 Å². The Morgan fingerprint density at radius 3 is 2.67 bits per heavy atom. The Morgan fingerprint density at radius 2 is 2.33 bits per heavy atom. The van der Waals surface area contributed by atoms with E-state index in [-0.39, 0.29) is 11.8 Å². The summed E-state index contributed by atoms with van der Waals surface area (Å²) in [6.07, 6.45) is 1.92. The predicted octanol–water partition coefficient (Wildman–Crippen LogP) is -0.543. The molecule has 1 rings (SSSR count). The standard InChI is InChI=1S/C6H12N2O/c7-2-1-4-3-5(4)6(8)9/h4-5H,1-3,7H2,(H2,8,9)/t4?,5-/m0/s1. The number of hydrogen-bond acceptors (Lipinski definition) is 2. The summed E-state index contributed by atoms with van der Waals surface area (Å²) >= 11 is 0. The largest absolute Gasteiger partial charge is 0.369 e. The van der Waals surface area contributed by atoms with Crippen LogP contribution in [0.25, 0.3) is 0 Å². The summed E-state index contributed by atoms with van der Waals surface area (Å²) in [4.78, 5) is 10.4. The van der Waals surface area contributed by atoms with Crippen LogP contribution in [-0.2, 0) is 4.79 Å². The molecule has 0 spiro atoms. The van der Waals surface area contributed by atoms with Gasteiger partial charge in [-0.15, -0.1) is 0 Å². The molecule has 1 fully saturated rings. The third-order valence-electron chi connectivity index (χ3n) is 1.83. The molecule has 0 heterocycles. The molecule has 3 nitrogen and oxygen atoms in total. The van der Waals surface area contributed by atoms with Gasteiger partial charge in [-0.05, 0) is 25.3 Å². The highest BCUT2D eigenvalue weighted by Gasteiger charge is 2.40. The van der Waals surface area contributed by atoms with E-state index in [0.717, 1.165) is 12.8 Å². The van der Waals surface area contributed by atoms with Gasteiger partial charge in [0.2, 0.25) is 5.91 Å². The van der Waals surface area contributed by atoms with Crippen molar-refractivity contribution in [3.8, 4) is 0 Å². The highest BCUT2D eigenvalue weighted by atomic mass is 16.1. The smallest absolute Gasteiger partial charge is 0.220 e. The topological polar surface area (TPSA) is 69.1 Å². The van der Waals surface area contributed by atoms with Crippen molar-refractivity contribution in [2.45, 2.75) is 12.8 Å². The normalized spacial score (nSPS) is 32.1. The molecule has 2 atom stereocenters. The van der Waals surface area contributed by atoms with Gasteiger partial charge in [0.15, 0.2) is 0 Å². The molecule has 1 saturated carbocycles. The fourth-order valence-corrected chi connectivity index (χ4v) is 1.13. The van der Waals surface area contributed by atoms with Crippen LogP contribution in [0.4, 0.5) is 0 Å². The molecular weight excluding hydrogens is 116 g/mol. The summed E-state index contributed by atoms with van der Waals surface area (Å²) in [5, 5.41) is 0. The Hall–Kier alpha value is -0.570. The van der Waals surface area contributed by atoms with Gasteiger partial charge in [0.25, 0.3) is 0 Å². The Morgan fingerprint density at radius 1 is 1.67 bits per heavy atom. The maximum Gasteiger partial charge on any atom is 0.220 e. The molecule has 0 aromatic heterocycles. The van der Waals surface area contributed by atoms with Gasteiger partial charge in [0.1, 0.15) is 0 Å². The van der Waals surface area contributed by atoms with Gasteiger partial charge >= 0.3 is 0 Å². The van der Waals surface area contributed by atoms with Crippen molar-refractivity contribution in [3.63, 3.8) is 0 Å². The van der Waals surface area contributed by atoms with E-state index >= 15 is 0 Å². The lowest BCUT2D eigenvalue weighted by molar-refractivity contribution is -0.119. The number of carbonyl (C=O) groups excluding carboxylic acids is 1. The molecular formula is C6H12N2O. The molecule has 1 amide bonds. The number of primary amides is 1. The van der Waals surface area contributed by atoms with Crippen molar-refractivity contribution in [1.82, 2.24) is 0 Å². The third-order valence-corrected chi connectivity index (χ3v) is 1.83. The van der Waals surface area contributed by atoms with Gasteiger partial charge in [0, 0.05) is 5.92 Å². The molecule has 0 saturated heterocycles. The predicted molar refractivity (Wildman–Crippen MR) is 34.5 cm³/mol. The van der Waals surface area contributed by atoms with Gasteiger partial charge < -0.3 is 11.5 Å². The van der Waals surface area contributed by atoms with Crippen molar-refractivity contribution in [1.29, 1.82) is 0 Å². The molecule has 1 aliphatic carbocycles. The van der Waals surface area contributed by atoms with E-state index in [1.165, 1.54) is 0 Å². The van der Waals surface area contributed by atoms with Gasteiger partial charge in [-0.1, -0.05) is 0 Å². The summed E-state index contributed by atoms with van der Waals surface area (Å²) in [5.41, 5.74) is 10.3. The highest BCUT2D eigenvalue weighted by Crippen LogP contribution is 2.40. The van der Waals surface area contributed by atoms with Crippen LogP contribution in [0.1, 0.15) is 12.8 Å². The summed E-state index contributed by atoms with van der Waals surface area (Å²) in [5.74, 6) is 0.495. The van der Waals surface area contributed by atoms with Crippen molar-refractivity contribution in [2.75, 3.05) is 6.54 Å².